The summed E-state index contributed by atoms with van der Waals surface area (Å²) in [6.07, 6.45) is 3.39. The molecule has 1 unspecified atom stereocenters. The Morgan fingerprint density at radius 1 is 1.27 bits per heavy atom. The van der Waals surface area contributed by atoms with E-state index in [1.165, 1.54) is 18.9 Å². The Morgan fingerprint density at radius 2 is 2.00 bits per heavy atom. The average Bonchev–Trinajstić information content (AvgIpc) is 3.36. The van der Waals surface area contributed by atoms with E-state index in [2.05, 4.69) is 10.6 Å². The largest absolute Gasteiger partial charge is 0.382 e. The summed E-state index contributed by atoms with van der Waals surface area (Å²) in [5.74, 6) is -0.968. The minimum atomic E-state index is -0.832. The van der Waals surface area contributed by atoms with Crippen LogP contribution in [0.1, 0.15) is 51.6 Å². The van der Waals surface area contributed by atoms with Crippen LogP contribution in [0.3, 0.4) is 0 Å². The van der Waals surface area contributed by atoms with E-state index < -0.39 is 11.6 Å². The van der Waals surface area contributed by atoms with Crippen molar-refractivity contribution in [1.82, 2.24) is 10.6 Å². The highest BCUT2D eigenvalue weighted by atomic mass is 127. The smallest absolute Gasteiger partial charge is 0.191 e. The zero-order valence-electron chi connectivity index (χ0n) is 15.8. The fraction of sp³-hybridized carbons (Fsp3) is 0.632. The van der Waals surface area contributed by atoms with Gasteiger partial charge in [-0.3, -0.25) is 4.99 Å². The summed E-state index contributed by atoms with van der Waals surface area (Å²) in [5, 5.41) is 6.48. The third-order valence-corrected chi connectivity index (χ3v) is 4.65. The van der Waals surface area contributed by atoms with E-state index in [-0.39, 0.29) is 35.4 Å². The van der Waals surface area contributed by atoms with Gasteiger partial charge in [-0.05, 0) is 63.1 Å². The van der Waals surface area contributed by atoms with Gasteiger partial charge in [0.1, 0.15) is 0 Å². The molecule has 1 fully saturated rings. The highest BCUT2D eigenvalue weighted by Crippen LogP contribution is 2.49. The van der Waals surface area contributed by atoms with E-state index in [1.807, 2.05) is 20.8 Å². The third kappa shape index (κ3) is 6.98. The molecule has 0 radical (unpaired) electrons. The van der Waals surface area contributed by atoms with E-state index in [1.54, 1.807) is 6.07 Å². The number of rotatable bonds is 9. The van der Waals surface area contributed by atoms with Crippen LogP contribution in [0, 0.1) is 17.0 Å². The maximum atomic E-state index is 13.4. The fourth-order valence-electron chi connectivity index (χ4n) is 2.73. The topological polar surface area (TPSA) is 45.7 Å². The molecule has 1 saturated carbocycles. The van der Waals surface area contributed by atoms with Crippen molar-refractivity contribution in [3.05, 3.63) is 35.4 Å². The first kappa shape index (κ1) is 23.1. The summed E-state index contributed by atoms with van der Waals surface area (Å²) in [6.45, 7) is 8.92. The molecule has 0 aromatic heterocycles. The summed E-state index contributed by atoms with van der Waals surface area (Å²) in [4.78, 5) is 4.70. The first-order valence-electron chi connectivity index (χ1n) is 9.07. The lowest BCUT2D eigenvalue weighted by Crippen LogP contribution is -2.39. The standard InChI is InChI=1S/C19H29F2N3O.HI/c1-4-22-18(23-13-19(8-9-19)10-11-25-5-2)24-14(3)15-6-7-16(20)17(21)12-15;/h6-7,12,14H,4-5,8-11,13H2,1-3H3,(H2,22,23,24);1H. The minimum absolute atomic E-state index is 0. The van der Waals surface area contributed by atoms with Crippen molar-refractivity contribution in [1.29, 1.82) is 0 Å². The lowest BCUT2D eigenvalue weighted by atomic mass is 10.0. The molecule has 1 aliphatic carbocycles. The molecule has 0 bridgehead atoms. The Kier molecular flexibility index (Phi) is 9.78. The molecule has 2 N–H and O–H groups in total. The highest BCUT2D eigenvalue weighted by molar-refractivity contribution is 14.0. The van der Waals surface area contributed by atoms with E-state index >= 15 is 0 Å². The number of ether oxygens (including phenoxy) is 1. The number of nitrogens with zero attached hydrogens (tertiary/aromatic N) is 1. The van der Waals surface area contributed by atoms with Crippen molar-refractivity contribution in [2.75, 3.05) is 26.3 Å². The quantitative estimate of drug-likeness (QED) is 0.238. The lowest BCUT2D eigenvalue weighted by molar-refractivity contribution is 0.129. The van der Waals surface area contributed by atoms with E-state index in [0.717, 1.165) is 38.8 Å². The molecule has 148 valence electrons. The molecule has 1 aromatic rings. The second-order valence-electron chi connectivity index (χ2n) is 6.68. The van der Waals surface area contributed by atoms with Crippen molar-refractivity contribution >= 4 is 29.9 Å². The zero-order chi connectivity index (χ0) is 18.3. The van der Waals surface area contributed by atoms with Gasteiger partial charge in [0.05, 0.1) is 6.04 Å². The molecule has 0 heterocycles. The van der Waals surface area contributed by atoms with Gasteiger partial charge in [-0.2, -0.15) is 0 Å². The number of nitrogens with one attached hydrogen (secondary N) is 2. The van der Waals surface area contributed by atoms with Gasteiger partial charge in [0, 0.05) is 26.3 Å². The van der Waals surface area contributed by atoms with Crippen molar-refractivity contribution in [3.63, 3.8) is 0 Å². The molecule has 1 aromatic carbocycles. The average molecular weight is 481 g/mol. The van der Waals surface area contributed by atoms with E-state index in [9.17, 15) is 8.78 Å². The number of aliphatic imine (C=N–C) groups is 1. The van der Waals surface area contributed by atoms with Crippen LogP contribution in [0.25, 0.3) is 0 Å². The fourth-order valence-corrected chi connectivity index (χ4v) is 2.73. The Balaban J connectivity index is 0.00000338. The Labute approximate surface area is 172 Å². The number of hydrogen-bond acceptors (Lipinski definition) is 2. The molecule has 4 nitrogen and oxygen atoms in total. The van der Waals surface area contributed by atoms with Crippen molar-refractivity contribution in [2.45, 2.75) is 46.1 Å². The maximum absolute atomic E-state index is 13.4. The molecule has 0 saturated heterocycles. The van der Waals surface area contributed by atoms with Crippen LogP contribution in [0.2, 0.25) is 0 Å². The van der Waals surface area contributed by atoms with Crippen LogP contribution >= 0.6 is 24.0 Å². The molecule has 0 spiro atoms. The normalized spacial score (nSPS) is 16.6. The van der Waals surface area contributed by atoms with Gasteiger partial charge < -0.3 is 15.4 Å². The van der Waals surface area contributed by atoms with Gasteiger partial charge in [-0.1, -0.05) is 6.07 Å². The van der Waals surface area contributed by atoms with Gasteiger partial charge in [-0.25, -0.2) is 8.78 Å². The van der Waals surface area contributed by atoms with Crippen LogP contribution in [0.5, 0.6) is 0 Å². The summed E-state index contributed by atoms with van der Waals surface area (Å²) in [5.41, 5.74) is 0.949. The van der Waals surface area contributed by atoms with Crippen molar-refractivity contribution in [2.24, 2.45) is 10.4 Å². The molecule has 0 aliphatic heterocycles. The lowest BCUT2D eigenvalue weighted by Gasteiger charge is -2.20. The monoisotopic (exact) mass is 481 g/mol. The Morgan fingerprint density at radius 3 is 2.58 bits per heavy atom. The molecule has 1 aliphatic rings. The van der Waals surface area contributed by atoms with Gasteiger partial charge >= 0.3 is 0 Å². The highest BCUT2D eigenvalue weighted by Gasteiger charge is 2.41. The van der Waals surface area contributed by atoms with Crippen LogP contribution < -0.4 is 10.6 Å². The molecule has 26 heavy (non-hydrogen) atoms. The van der Waals surface area contributed by atoms with Crippen LogP contribution in [0.4, 0.5) is 8.78 Å². The van der Waals surface area contributed by atoms with Crippen molar-refractivity contribution in [3.8, 4) is 0 Å². The van der Waals surface area contributed by atoms with Crippen LogP contribution in [-0.2, 0) is 4.74 Å². The molecule has 7 heteroatoms. The number of guanidine groups is 1. The van der Waals surface area contributed by atoms with Gasteiger partial charge in [-0.15, -0.1) is 24.0 Å². The van der Waals surface area contributed by atoms with E-state index in [4.69, 9.17) is 9.73 Å². The third-order valence-electron chi connectivity index (χ3n) is 4.65. The van der Waals surface area contributed by atoms with Crippen LogP contribution in [0.15, 0.2) is 23.2 Å². The van der Waals surface area contributed by atoms with E-state index in [0.29, 0.717) is 11.5 Å². The summed E-state index contributed by atoms with van der Waals surface area (Å²) < 4.78 is 32.0. The maximum Gasteiger partial charge on any atom is 0.191 e. The molecule has 0 amide bonds. The molecular weight excluding hydrogens is 451 g/mol. The van der Waals surface area contributed by atoms with Gasteiger partial charge in [0.25, 0.3) is 0 Å². The Hall–Kier alpha value is -0.960. The predicted molar refractivity (Wildman–Crippen MR) is 112 cm³/mol. The van der Waals surface area contributed by atoms with Gasteiger partial charge in [0.15, 0.2) is 17.6 Å². The van der Waals surface area contributed by atoms with Crippen molar-refractivity contribution < 1.29 is 13.5 Å². The first-order valence-corrected chi connectivity index (χ1v) is 9.07. The number of halogens is 3. The second-order valence-corrected chi connectivity index (χ2v) is 6.68. The second kappa shape index (κ2) is 11.0. The summed E-state index contributed by atoms with van der Waals surface area (Å²) >= 11 is 0. The molecule has 2 rings (SSSR count). The number of benzene rings is 1. The number of hydrogen-bond donors (Lipinski definition) is 2. The van der Waals surface area contributed by atoms with Crippen LogP contribution in [-0.4, -0.2) is 32.3 Å². The SMILES string of the molecule is CCNC(=NCC1(CCOCC)CC1)NC(C)c1ccc(F)c(F)c1.I. The Bertz CT molecular complexity index is 594. The predicted octanol–water partition coefficient (Wildman–Crippen LogP) is 4.41. The summed E-state index contributed by atoms with van der Waals surface area (Å²) in [6, 6.07) is 3.79. The first-order chi connectivity index (χ1) is 12.0. The summed E-state index contributed by atoms with van der Waals surface area (Å²) in [7, 11) is 0. The minimum Gasteiger partial charge on any atom is -0.382 e. The molecule has 1 atom stereocenters. The zero-order valence-corrected chi connectivity index (χ0v) is 18.1. The van der Waals surface area contributed by atoms with Gasteiger partial charge in [0.2, 0.25) is 0 Å². The molecular formula is C19H30F2IN3O.